The summed E-state index contributed by atoms with van der Waals surface area (Å²) in [6.45, 7) is 0. The number of nitrogens with one attached hydrogen (secondary N) is 1. The summed E-state index contributed by atoms with van der Waals surface area (Å²) in [6, 6.07) is 12.0. The van der Waals surface area contributed by atoms with Crippen molar-refractivity contribution in [1.29, 1.82) is 0 Å². The lowest BCUT2D eigenvalue weighted by molar-refractivity contribution is 0.0827. The molecule has 0 spiro atoms. The van der Waals surface area contributed by atoms with Crippen LogP contribution in [0.25, 0.3) is 0 Å². The minimum Gasteiger partial charge on any atom is -0.345 e. The van der Waals surface area contributed by atoms with Gasteiger partial charge < -0.3 is 10.2 Å². The fourth-order valence-corrected chi connectivity index (χ4v) is 1.82. The van der Waals surface area contributed by atoms with E-state index in [9.17, 15) is 14.0 Å². The van der Waals surface area contributed by atoms with Gasteiger partial charge in [0, 0.05) is 30.9 Å². The third-order valence-electron chi connectivity index (χ3n) is 2.86. The number of hydrogen-bond acceptors (Lipinski definition) is 2. The normalized spacial score (nSPS) is 10.0. The topological polar surface area (TPSA) is 49.4 Å². The predicted octanol–water partition coefficient (Wildman–Crippen LogP) is 2.78. The fraction of sp³-hybridized carbons (Fsp3) is 0.125. The molecule has 0 unspecified atom stereocenters. The molecule has 2 amide bonds. The van der Waals surface area contributed by atoms with Crippen LogP contribution in [0.1, 0.15) is 20.7 Å². The van der Waals surface area contributed by atoms with E-state index < -0.39 is 11.7 Å². The Kier molecular flexibility index (Phi) is 4.33. The van der Waals surface area contributed by atoms with Gasteiger partial charge in [0.15, 0.2) is 0 Å². The molecule has 0 aliphatic rings. The van der Waals surface area contributed by atoms with Crippen LogP contribution in [0.5, 0.6) is 0 Å². The highest BCUT2D eigenvalue weighted by molar-refractivity contribution is 6.05. The Hall–Kier alpha value is -2.69. The minimum atomic E-state index is -0.473. The Balaban J connectivity index is 2.18. The molecule has 108 valence electrons. The van der Waals surface area contributed by atoms with Crippen molar-refractivity contribution in [1.82, 2.24) is 4.90 Å². The van der Waals surface area contributed by atoms with E-state index in [1.807, 2.05) is 0 Å². The second kappa shape index (κ2) is 6.17. The van der Waals surface area contributed by atoms with Crippen molar-refractivity contribution in [3.63, 3.8) is 0 Å². The molecule has 1 N–H and O–H groups in total. The van der Waals surface area contributed by atoms with Gasteiger partial charge in [-0.2, -0.15) is 0 Å². The van der Waals surface area contributed by atoms with Crippen LogP contribution in [-0.2, 0) is 0 Å². The third-order valence-corrected chi connectivity index (χ3v) is 2.86. The quantitative estimate of drug-likeness (QED) is 0.943. The number of halogens is 1. The van der Waals surface area contributed by atoms with Gasteiger partial charge in [-0.3, -0.25) is 9.59 Å². The Morgan fingerprint density at radius 1 is 1.00 bits per heavy atom. The zero-order valence-electron chi connectivity index (χ0n) is 11.8. The van der Waals surface area contributed by atoms with E-state index in [-0.39, 0.29) is 11.5 Å². The highest BCUT2D eigenvalue weighted by atomic mass is 19.1. The van der Waals surface area contributed by atoms with Crippen molar-refractivity contribution in [2.45, 2.75) is 0 Å². The summed E-state index contributed by atoms with van der Waals surface area (Å²) >= 11 is 0. The van der Waals surface area contributed by atoms with E-state index in [2.05, 4.69) is 5.32 Å². The number of rotatable bonds is 3. The predicted molar refractivity (Wildman–Crippen MR) is 78.8 cm³/mol. The van der Waals surface area contributed by atoms with E-state index in [0.29, 0.717) is 11.3 Å². The molecular formula is C16H15FN2O2. The van der Waals surface area contributed by atoms with Gasteiger partial charge in [-0.15, -0.1) is 0 Å². The van der Waals surface area contributed by atoms with Gasteiger partial charge >= 0.3 is 0 Å². The zero-order valence-corrected chi connectivity index (χ0v) is 11.8. The average Bonchev–Trinajstić information content (AvgIpc) is 2.46. The van der Waals surface area contributed by atoms with E-state index in [4.69, 9.17) is 0 Å². The maximum atomic E-state index is 13.1. The molecule has 0 saturated carbocycles. The summed E-state index contributed by atoms with van der Waals surface area (Å²) in [5.41, 5.74) is 1.17. The number of anilines is 1. The van der Waals surface area contributed by atoms with Crippen LogP contribution >= 0.6 is 0 Å². The van der Waals surface area contributed by atoms with E-state index in [1.165, 1.54) is 23.1 Å². The third kappa shape index (κ3) is 3.66. The second-order valence-corrected chi connectivity index (χ2v) is 4.74. The summed E-state index contributed by atoms with van der Waals surface area (Å²) < 4.78 is 13.1. The molecule has 4 nitrogen and oxygen atoms in total. The lowest BCUT2D eigenvalue weighted by Crippen LogP contribution is -2.22. The highest BCUT2D eigenvalue weighted by Crippen LogP contribution is 2.14. The van der Waals surface area contributed by atoms with E-state index >= 15 is 0 Å². The number of carbonyl (C=O) groups excluding carboxylic acids is 2. The monoisotopic (exact) mass is 286 g/mol. The van der Waals surface area contributed by atoms with Crippen LogP contribution in [0.15, 0.2) is 48.5 Å². The maximum absolute atomic E-state index is 13.1. The van der Waals surface area contributed by atoms with Gasteiger partial charge in [0.05, 0.1) is 0 Å². The van der Waals surface area contributed by atoms with Crippen LogP contribution < -0.4 is 5.32 Å². The van der Waals surface area contributed by atoms with Crippen molar-refractivity contribution in [3.05, 3.63) is 65.5 Å². The molecule has 21 heavy (non-hydrogen) atoms. The van der Waals surface area contributed by atoms with Crippen molar-refractivity contribution in [3.8, 4) is 0 Å². The van der Waals surface area contributed by atoms with Crippen LogP contribution in [-0.4, -0.2) is 30.8 Å². The van der Waals surface area contributed by atoms with Crippen LogP contribution in [0.3, 0.4) is 0 Å². The van der Waals surface area contributed by atoms with E-state index in [0.717, 1.165) is 6.07 Å². The first-order chi connectivity index (χ1) is 9.97. The van der Waals surface area contributed by atoms with Gasteiger partial charge in [0.25, 0.3) is 11.8 Å². The lowest BCUT2D eigenvalue weighted by Gasteiger charge is -2.11. The highest BCUT2D eigenvalue weighted by Gasteiger charge is 2.10. The first-order valence-electron chi connectivity index (χ1n) is 6.36. The van der Waals surface area contributed by atoms with Crippen LogP contribution in [0.4, 0.5) is 10.1 Å². The SMILES string of the molecule is CN(C)C(=O)c1cccc(NC(=O)c2cccc(F)c2)c1. The summed E-state index contributed by atoms with van der Waals surface area (Å²) in [5, 5.41) is 2.64. The van der Waals surface area contributed by atoms with E-state index in [1.54, 1.807) is 38.4 Å². The number of carbonyl (C=O) groups is 2. The molecule has 2 aromatic rings. The van der Waals surface area contributed by atoms with Crippen molar-refractivity contribution in [2.75, 3.05) is 19.4 Å². The van der Waals surface area contributed by atoms with Gasteiger partial charge in [0.1, 0.15) is 5.82 Å². The van der Waals surface area contributed by atoms with Crippen molar-refractivity contribution < 1.29 is 14.0 Å². The maximum Gasteiger partial charge on any atom is 0.255 e. The fourth-order valence-electron chi connectivity index (χ4n) is 1.82. The smallest absolute Gasteiger partial charge is 0.255 e. The summed E-state index contributed by atoms with van der Waals surface area (Å²) in [5.74, 6) is -1.06. The van der Waals surface area contributed by atoms with Crippen molar-refractivity contribution in [2.24, 2.45) is 0 Å². The Morgan fingerprint density at radius 2 is 1.67 bits per heavy atom. The first-order valence-corrected chi connectivity index (χ1v) is 6.36. The Morgan fingerprint density at radius 3 is 2.33 bits per heavy atom. The molecule has 0 aliphatic carbocycles. The Bertz CT molecular complexity index is 683. The largest absolute Gasteiger partial charge is 0.345 e. The molecule has 0 radical (unpaired) electrons. The molecule has 0 aliphatic heterocycles. The molecule has 0 heterocycles. The summed E-state index contributed by atoms with van der Waals surface area (Å²) in [4.78, 5) is 25.3. The first kappa shape index (κ1) is 14.7. The molecule has 0 saturated heterocycles. The number of amides is 2. The molecule has 0 bridgehead atoms. The molecule has 2 rings (SSSR count). The number of benzene rings is 2. The summed E-state index contributed by atoms with van der Waals surface area (Å²) in [7, 11) is 3.31. The Labute approximate surface area is 122 Å². The van der Waals surface area contributed by atoms with Gasteiger partial charge in [-0.05, 0) is 36.4 Å². The standard InChI is InChI=1S/C16H15FN2O2/c1-19(2)16(21)12-6-4-8-14(10-12)18-15(20)11-5-3-7-13(17)9-11/h3-10H,1-2H3,(H,18,20). The van der Waals surface area contributed by atoms with Crippen LogP contribution in [0.2, 0.25) is 0 Å². The minimum absolute atomic E-state index is 0.156. The number of nitrogens with zero attached hydrogens (tertiary/aromatic N) is 1. The number of hydrogen-bond donors (Lipinski definition) is 1. The zero-order chi connectivity index (χ0) is 15.4. The molecule has 0 fully saturated rings. The molecule has 0 atom stereocenters. The lowest BCUT2D eigenvalue weighted by atomic mass is 10.1. The van der Waals surface area contributed by atoms with Gasteiger partial charge in [0.2, 0.25) is 0 Å². The molecule has 0 aromatic heterocycles. The van der Waals surface area contributed by atoms with Gasteiger partial charge in [-0.1, -0.05) is 12.1 Å². The van der Waals surface area contributed by atoms with Gasteiger partial charge in [-0.25, -0.2) is 4.39 Å². The van der Waals surface area contributed by atoms with Crippen molar-refractivity contribution >= 4 is 17.5 Å². The second-order valence-electron chi connectivity index (χ2n) is 4.74. The average molecular weight is 286 g/mol. The molecular weight excluding hydrogens is 271 g/mol. The molecule has 2 aromatic carbocycles. The van der Waals surface area contributed by atoms with Crippen LogP contribution in [0, 0.1) is 5.82 Å². The molecule has 5 heteroatoms. The summed E-state index contributed by atoms with van der Waals surface area (Å²) in [6.07, 6.45) is 0.